The number of nitrogens with one attached hydrogen (secondary N) is 1. The maximum absolute atomic E-state index is 12.4. The van der Waals surface area contributed by atoms with E-state index >= 15 is 0 Å². The topological polar surface area (TPSA) is 95.9 Å². The van der Waals surface area contributed by atoms with Crippen LogP contribution < -0.4 is 5.32 Å². The molecule has 0 saturated carbocycles. The number of unbranched alkanes of at least 4 members (excludes halogenated alkanes) is 39. The van der Waals surface area contributed by atoms with E-state index in [0.29, 0.717) is 25.9 Å². The summed E-state index contributed by atoms with van der Waals surface area (Å²) in [4.78, 5) is 24.5. The minimum absolute atomic E-state index is 0.00705. The minimum atomic E-state index is -0.670. The summed E-state index contributed by atoms with van der Waals surface area (Å²) in [5.41, 5.74) is 0. The molecule has 0 bridgehead atoms. The van der Waals surface area contributed by atoms with Crippen LogP contribution in [0, 0.1) is 0 Å². The minimum Gasteiger partial charge on any atom is -0.466 e. The van der Waals surface area contributed by atoms with Crippen molar-refractivity contribution < 1.29 is 24.5 Å². The Balaban J connectivity index is 3.40. The van der Waals surface area contributed by atoms with Gasteiger partial charge in [0.15, 0.2) is 0 Å². The Hall–Kier alpha value is -1.40. The predicted octanol–water partition coefficient (Wildman–Crippen LogP) is 16.9. The Labute approximate surface area is 387 Å². The van der Waals surface area contributed by atoms with Crippen molar-refractivity contribution in [2.45, 2.75) is 321 Å². The van der Waals surface area contributed by atoms with Gasteiger partial charge in [-0.05, 0) is 51.4 Å². The van der Waals surface area contributed by atoms with Crippen LogP contribution in [0.15, 0.2) is 12.2 Å². The number of amides is 1. The third kappa shape index (κ3) is 48.1. The fraction of sp³-hybridized carbons (Fsp3) is 0.929. The van der Waals surface area contributed by atoms with Gasteiger partial charge < -0.3 is 20.3 Å². The summed E-state index contributed by atoms with van der Waals surface area (Å²) in [6.07, 6.45) is 60.6. The van der Waals surface area contributed by atoms with Gasteiger partial charge in [0, 0.05) is 12.8 Å². The summed E-state index contributed by atoms with van der Waals surface area (Å²) >= 11 is 0. The fourth-order valence-electron chi connectivity index (χ4n) is 8.75. The second-order valence-corrected chi connectivity index (χ2v) is 19.3. The van der Waals surface area contributed by atoms with E-state index in [9.17, 15) is 19.8 Å². The molecule has 0 rings (SSSR count). The first kappa shape index (κ1) is 60.6. The number of carbonyl (C=O) groups is 2. The average Bonchev–Trinajstić information content (AvgIpc) is 3.27. The van der Waals surface area contributed by atoms with Crippen LogP contribution in [-0.2, 0) is 14.3 Å². The van der Waals surface area contributed by atoms with Crippen LogP contribution in [0.1, 0.15) is 309 Å². The molecule has 0 heterocycles. The summed E-state index contributed by atoms with van der Waals surface area (Å²) in [5.74, 6) is -0.0431. The predicted molar refractivity (Wildman–Crippen MR) is 269 cm³/mol. The number of hydrogen-bond donors (Lipinski definition) is 3. The van der Waals surface area contributed by atoms with Gasteiger partial charge in [-0.2, -0.15) is 0 Å². The van der Waals surface area contributed by atoms with E-state index in [-0.39, 0.29) is 18.5 Å². The van der Waals surface area contributed by atoms with E-state index < -0.39 is 12.1 Å². The van der Waals surface area contributed by atoms with Gasteiger partial charge in [0.2, 0.25) is 5.91 Å². The van der Waals surface area contributed by atoms with Crippen molar-refractivity contribution in [3.8, 4) is 0 Å². The van der Waals surface area contributed by atoms with Gasteiger partial charge in [-0.15, -0.1) is 0 Å². The smallest absolute Gasteiger partial charge is 0.305 e. The second-order valence-electron chi connectivity index (χ2n) is 19.3. The normalized spacial score (nSPS) is 12.6. The van der Waals surface area contributed by atoms with Gasteiger partial charge in [-0.3, -0.25) is 9.59 Å². The molecule has 0 aliphatic heterocycles. The Kier molecular flexibility index (Phi) is 51.0. The molecule has 2 atom stereocenters. The third-order valence-corrected chi connectivity index (χ3v) is 13.1. The van der Waals surface area contributed by atoms with Gasteiger partial charge >= 0.3 is 5.97 Å². The summed E-state index contributed by atoms with van der Waals surface area (Å²) in [5, 5.41) is 23.1. The molecule has 0 aliphatic rings. The number of allylic oxidation sites excluding steroid dienone is 2. The van der Waals surface area contributed by atoms with E-state index in [4.69, 9.17) is 4.74 Å². The number of hydrogen-bond acceptors (Lipinski definition) is 5. The molecule has 0 spiro atoms. The monoisotopic (exact) mass is 876 g/mol. The van der Waals surface area contributed by atoms with Crippen LogP contribution in [0.2, 0.25) is 0 Å². The summed E-state index contributed by atoms with van der Waals surface area (Å²) in [7, 11) is 0. The number of ether oxygens (including phenoxy) is 1. The lowest BCUT2D eigenvalue weighted by molar-refractivity contribution is -0.143. The van der Waals surface area contributed by atoms with Crippen molar-refractivity contribution in [1.29, 1.82) is 0 Å². The molecule has 0 saturated heterocycles. The highest BCUT2D eigenvalue weighted by Gasteiger charge is 2.20. The molecule has 6 nitrogen and oxygen atoms in total. The highest BCUT2D eigenvalue weighted by Crippen LogP contribution is 2.17. The zero-order valence-electron chi connectivity index (χ0n) is 41.9. The second kappa shape index (κ2) is 52.2. The first-order valence-electron chi connectivity index (χ1n) is 27.9. The van der Waals surface area contributed by atoms with Gasteiger partial charge in [0.05, 0.1) is 25.4 Å². The molecular formula is C56H109NO5. The quantitative estimate of drug-likeness (QED) is 0.0321. The van der Waals surface area contributed by atoms with Crippen molar-refractivity contribution in [2.24, 2.45) is 0 Å². The number of carbonyl (C=O) groups excluding carboxylic acids is 2. The zero-order chi connectivity index (χ0) is 45.1. The lowest BCUT2D eigenvalue weighted by Crippen LogP contribution is -2.45. The highest BCUT2D eigenvalue weighted by atomic mass is 16.5. The van der Waals surface area contributed by atoms with Crippen molar-refractivity contribution in [2.75, 3.05) is 13.2 Å². The van der Waals surface area contributed by atoms with E-state index in [1.807, 2.05) is 0 Å². The van der Waals surface area contributed by atoms with E-state index in [2.05, 4.69) is 31.3 Å². The molecule has 62 heavy (non-hydrogen) atoms. The van der Waals surface area contributed by atoms with Crippen molar-refractivity contribution in [3.05, 3.63) is 12.2 Å². The number of aliphatic hydroxyl groups excluding tert-OH is 2. The van der Waals surface area contributed by atoms with Crippen molar-refractivity contribution >= 4 is 11.9 Å². The van der Waals surface area contributed by atoms with Crippen molar-refractivity contribution in [1.82, 2.24) is 5.32 Å². The number of esters is 1. The standard InChI is InChI=1S/C56H109NO5/c1-3-5-7-9-11-13-15-16-17-20-24-27-30-34-38-42-46-50-56(61)62-51-47-43-39-35-31-28-25-22-19-18-21-23-26-29-33-37-41-45-49-55(60)57-53(52-58)54(59)48-44-40-36-32-14-12-10-8-6-4-2/h21,23,53-54,58-59H,3-20,22,24-52H2,1-2H3,(H,57,60)/b23-21-. The molecule has 0 aromatic heterocycles. The lowest BCUT2D eigenvalue weighted by atomic mass is 10.0. The molecule has 0 aromatic carbocycles. The molecule has 3 N–H and O–H groups in total. The van der Waals surface area contributed by atoms with E-state index in [1.54, 1.807) is 0 Å². The summed E-state index contributed by atoms with van der Waals surface area (Å²) in [6.45, 7) is 4.94. The largest absolute Gasteiger partial charge is 0.466 e. The Bertz CT molecular complexity index is 924. The van der Waals surface area contributed by atoms with Gasteiger partial charge in [0.1, 0.15) is 0 Å². The van der Waals surface area contributed by atoms with E-state index in [1.165, 1.54) is 225 Å². The molecule has 6 heteroatoms. The van der Waals surface area contributed by atoms with E-state index in [0.717, 1.165) is 51.4 Å². The maximum Gasteiger partial charge on any atom is 0.305 e. The van der Waals surface area contributed by atoms with Crippen LogP contribution in [0.4, 0.5) is 0 Å². The summed E-state index contributed by atoms with van der Waals surface area (Å²) in [6, 6.07) is -0.549. The lowest BCUT2D eigenvalue weighted by Gasteiger charge is -2.22. The average molecular weight is 876 g/mol. The Morgan fingerprint density at radius 1 is 0.435 bits per heavy atom. The molecule has 1 amide bonds. The Morgan fingerprint density at radius 3 is 1.15 bits per heavy atom. The fourth-order valence-corrected chi connectivity index (χ4v) is 8.75. The first-order chi connectivity index (χ1) is 30.5. The van der Waals surface area contributed by atoms with Gasteiger partial charge in [-0.25, -0.2) is 0 Å². The SMILES string of the molecule is CCCCCCCCCCCCCCCCCCCC(=O)OCCCCCCCCCCC/C=C\CCCCCCCC(=O)NC(CO)C(O)CCCCCCCCCCCC. The van der Waals surface area contributed by atoms with Crippen LogP contribution in [0.25, 0.3) is 0 Å². The van der Waals surface area contributed by atoms with Crippen LogP contribution in [0.5, 0.6) is 0 Å². The molecular weight excluding hydrogens is 767 g/mol. The van der Waals surface area contributed by atoms with Gasteiger partial charge in [-0.1, -0.05) is 257 Å². The Morgan fingerprint density at radius 2 is 0.758 bits per heavy atom. The highest BCUT2D eigenvalue weighted by molar-refractivity contribution is 5.76. The molecule has 0 fully saturated rings. The van der Waals surface area contributed by atoms with Crippen LogP contribution in [0.3, 0.4) is 0 Å². The number of rotatable bonds is 52. The molecule has 368 valence electrons. The molecule has 0 aliphatic carbocycles. The van der Waals surface area contributed by atoms with Crippen LogP contribution in [-0.4, -0.2) is 47.4 Å². The zero-order valence-corrected chi connectivity index (χ0v) is 41.9. The van der Waals surface area contributed by atoms with Crippen LogP contribution >= 0.6 is 0 Å². The number of aliphatic hydroxyl groups is 2. The van der Waals surface area contributed by atoms with Crippen molar-refractivity contribution in [3.63, 3.8) is 0 Å². The molecule has 0 aromatic rings. The molecule has 0 radical (unpaired) electrons. The third-order valence-electron chi connectivity index (χ3n) is 13.1. The van der Waals surface area contributed by atoms with Gasteiger partial charge in [0.25, 0.3) is 0 Å². The maximum atomic E-state index is 12.4. The first-order valence-corrected chi connectivity index (χ1v) is 27.9. The molecule has 2 unspecified atom stereocenters. The summed E-state index contributed by atoms with van der Waals surface area (Å²) < 4.78 is 5.48.